The minimum absolute atomic E-state index is 0.0612. The van der Waals surface area contributed by atoms with E-state index in [0.29, 0.717) is 29.5 Å². The van der Waals surface area contributed by atoms with Crippen LogP contribution >= 0.6 is 0 Å². The summed E-state index contributed by atoms with van der Waals surface area (Å²) in [5.74, 6) is 1.45. The van der Waals surface area contributed by atoms with Crippen molar-refractivity contribution in [2.24, 2.45) is 11.8 Å². The molecule has 2 aliphatic carbocycles. The second-order valence-electron chi connectivity index (χ2n) is 11.8. The summed E-state index contributed by atoms with van der Waals surface area (Å²) < 4.78 is 13.4. The molecule has 1 amide bonds. The van der Waals surface area contributed by atoms with Crippen LogP contribution in [0.5, 0.6) is 0 Å². The number of piperidine rings is 1. The Balaban J connectivity index is 1.30. The van der Waals surface area contributed by atoms with Crippen LogP contribution in [0.3, 0.4) is 0 Å². The predicted molar refractivity (Wildman–Crippen MR) is 141 cm³/mol. The number of rotatable bonds is 4. The van der Waals surface area contributed by atoms with Gasteiger partial charge in [-0.15, -0.1) is 0 Å². The van der Waals surface area contributed by atoms with Gasteiger partial charge in [-0.05, 0) is 74.0 Å². The summed E-state index contributed by atoms with van der Waals surface area (Å²) in [7, 11) is 0. The molecule has 1 aromatic carbocycles. The first-order valence-corrected chi connectivity index (χ1v) is 14.3. The molecule has 0 bridgehead atoms. The second kappa shape index (κ2) is 10.2. The maximum absolute atomic E-state index is 14.5. The van der Waals surface area contributed by atoms with Crippen molar-refractivity contribution in [1.82, 2.24) is 15.2 Å². The molecule has 4 atom stereocenters. The smallest absolute Gasteiger partial charge is 0.228 e. The molecule has 5 heteroatoms. The van der Waals surface area contributed by atoms with Gasteiger partial charge in [-0.1, -0.05) is 55.7 Å². The second-order valence-corrected chi connectivity index (χ2v) is 11.8. The van der Waals surface area contributed by atoms with E-state index in [0.717, 1.165) is 57.4 Å². The number of aromatic nitrogens is 1. The van der Waals surface area contributed by atoms with E-state index in [2.05, 4.69) is 51.6 Å². The summed E-state index contributed by atoms with van der Waals surface area (Å²) in [5.41, 5.74) is 3.95. The predicted octanol–water partition coefficient (Wildman–Crippen LogP) is 5.70. The molecule has 3 heterocycles. The number of carbonyl (C=O) groups is 1. The zero-order chi connectivity index (χ0) is 24.5. The highest BCUT2D eigenvalue weighted by molar-refractivity contribution is 5.82. The van der Waals surface area contributed by atoms with Gasteiger partial charge in [0.15, 0.2) is 0 Å². The largest absolute Gasteiger partial charge is 0.339 e. The van der Waals surface area contributed by atoms with Crippen LogP contribution in [0.2, 0.25) is 0 Å². The summed E-state index contributed by atoms with van der Waals surface area (Å²) in [6.07, 6.45) is 11.5. The van der Waals surface area contributed by atoms with E-state index in [1.807, 2.05) is 6.07 Å². The van der Waals surface area contributed by atoms with Crippen molar-refractivity contribution in [3.63, 3.8) is 0 Å². The van der Waals surface area contributed by atoms with Crippen LogP contribution in [0.25, 0.3) is 0 Å². The van der Waals surface area contributed by atoms with Crippen molar-refractivity contribution in [2.45, 2.75) is 88.3 Å². The number of nitrogens with zero attached hydrogens (tertiary/aromatic N) is 2. The first-order valence-electron chi connectivity index (χ1n) is 14.3. The monoisotopic (exact) mass is 489 g/mol. The molecule has 2 aromatic rings. The standard InChI is InChI=1S/C31H40FN3O/c32-19-25-13-14-26-28(34-25)12-7-16-31(26)21-33-20-27(31)30(36)35-17-15-24(22-8-3-1-4-9-22)18-29(35)23-10-5-2-6-11-23/h1,3-4,8-9,13-14,23-24,27,29,33H,2,5-7,10-12,15-21H2. The van der Waals surface area contributed by atoms with E-state index < -0.39 is 6.67 Å². The van der Waals surface area contributed by atoms with Crippen LogP contribution < -0.4 is 5.32 Å². The Morgan fingerprint density at radius 3 is 2.69 bits per heavy atom. The molecule has 1 N–H and O–H groups in total. The molecular formula is C31H40FN3O. The lowest BCUT2D eigenvalue weighted by Crippen LogP contribution is -2.55. The Labute approximate surface area is 215 Å². The van der Waals surface area contributed by atoms with Crippen molar-refractivity contribution in [1.29, 1.82) is 0 Å². The molecule has 1 spiro atoms. The molecule has 2 aliphatic heterocycles. The number of amides is 1. The molecule has 1 aromatic heterocycles. The fraction of sp³-hybridized carbons (Fsp3) is 0.613. The molecule has 36 heavy (non-hydrogen) atoms. The van der Waals surface area contributed by atoms with Crippen LogP contribution in [0.1, 0.15) is 86.2 Å². The van der Waals surface area contributed by atoms with Gasteiger partial charge in [-0.2, -0.15) is 0 Å². The Morgan fingerprint density at radius 2 is 1.89 bits per heavy atom. The SMILES string of the molecule is O=C(C1CNCC12CCCc1nc(CF)ccc12)N1CCC(c2ccccc2)CC1C1CCCCC1. The Bertz CT molecular complexity index is 1070. The molecule has 0 radical (unpaired) electrons. The van der Waals surface area contributed by atoms with E-state index in [-0.39, 0.29) is 11.3 Å². The number of pyridine rings is 1. The molecule has 4 unspecified atom stereocenters. The Hall–Kier alpha value is -2.27. The van der Waals surface area contributed by atoms with Gasteiger partial charge in [0.05, 0.1) is 11.6 Å². The molecule has 1 saturated carbocycles. The van der Waals surface area contributed by atoms with E-state index in [1.54, 1.807) is 0 Å². The average molecular weight is 490 g/mol. The Morgan fingerprint density at radius 1 is 1.06 bits per heavy atom. The van der Waals surface area contributed by atoms with E-state index in [1.165, 1.54) is 43.2 Å². The van der Waals surface area contributed by atoms with Crippen LogP contribution in [-0.2, 0) is 23.3 Å². The zero-order valence-corrected chi connectivity index (χ0v) is 21.4. The van der Waals surface area contributed by atoms with Crippen LogP contribution in [0.15, 0.2) is 42.5 Å². The molecule has 2 saturated heterocycles. The fourth-order valence-corrected chi connectivity index (χ4v) is 8.06. The number of hydrogen-bond acceptors (Lipinski definition) is 3. The van der Waals surface area contributed by atoms with Crippen LogP contribution in [-0.4, -0.2) is 41.5 Å². The third-order valence-corrected chi connectivity index (χ3v) is 9.89. The van der Waals surface area contributed by atoms with E-state index >= 15 is 0 Å². The number of aryl methyl sites for hydroxylation is 1. The van der Waals surface area contributed by atoms with E-state index in [9.17, 15) is 9.18 Å². The van der Waals surface area contributed by atoms with Gasteiger partial charge in [0, 0.05) is 36.8 Å². The van der Waals surface area contributed by atoms with Gasteiger partial charge in [-0.3, -0.25) is 9.78 Å². The lowest BCUT2D eigenvalue weighted by atomic mass is 9.64. The first-order chi connectivity index (χ1) is 17.7. The van der Waals surface area contributed by atoms with Gasteiger partial charge in [0.1, 0.15) is 6.67 Å². The number of halogens is 1. The average Bonchev–Trinajstić information content (AvgIpc) is 3.37. The number of benzene rings is 1. The lowest BCUT2D eigenvalue weighted by Gasteiger charge is -2.48. The van der Waals surface area contributed by atoms with Crippen molar-refractivity contribution in [3.8, 4) is 0 Å². The number of alkyl halides is 1. The summed E-state index contributed by atoms with van der Waals surface area (Å²) in [6.45, 7) is 1.89. The number of hydrogen-bond donors (Lipinski definition) is 1. The molecule has 192 valence electrons. The molecule has 3 fully saturated rings. The van der Waals surface area contributed by atoms with Crippen LogP contribution in [0.4, 0.5) is 4.39 Å². The highest BCUT2D eigenvalue weighted by atomic mass is 19.1. The fourth-order valence-electron chi connectivity index (χ4n) is 8.06. The minimum atomic E-state index is -0.527. The number of nitrogens with one attached hydrogen (secondary N) is 1. The quantitative estimate of drug-likeness (QED) is 0.599. The lowest BCUT2D eigenvalue weighted by molar-refractivity contribution is -0.143. The summed E-state index contributed by atoms with van der Waals surface area (Å²) in [5, 5.41) is 3.60. The highest BCUT2D eigenvalue weighted by Gasteiger charge is 2.52. The molecule has 4 aliphatic rings. The molecular weight excluding hydrogens is 449 g/mol. The van der Waals surface area contributed by atoms with Gasteiger partial charge in [0.2, 0.25) is 5.91 Å². The van der Waals surface area contributed by atoms with Gasteiger partial charge < -0.3 is 10.2 Å². The maximum atomic E-state index is 14.5. The minimum Gasteiger partial charge on any atom is -0.339 e. The molecule has 4 nitrogen and oxygen atoms in total. The van der Waals surface area contributed by atoms with E-state index in [4.69, 9.17) is 0 Å². The zero-order valence-electron chi connectivity index (χ0n) is 21.4. The van der Waals surface area contributed by atoms with Crippen molar-refractivity contribution in [2.75, 3.05) is 19.6 Å². The van der Waals surface area contributed by atoms with Gasteiger partial charge in [-0.25, -0.2) is 4.39 Å². The van der Waals surface area contributed by atoms with Crippen LogP contribution in [0, 0.1) is 11.8 Å². The number of carbonyl (C=O) groups excluding carboxylic acids is 1. The normalized spacial score (nSPS) is 30.9. The van der Waals surface area contributed by atoms with Crippen molar-refractivity contribution >= 4 is 5.91 Å². The van der Waals surface area contributed by atoms with Crippen molar-refractivity contribution in [3.05, 3.63) is 65.0 Å². The summed E-state index contributed by atoms with van der Waals surface area (Å²) in [6, 6.07) is 15.2. The Kier molecular flexibility index (Phi) is 6.85. The van der Waals surface area contributed by atoms with Gasteiger partial charge >= 0.3 is 0 Å². The highest BCUT2D eigenvalue weighted by Crippen LogP contribution is 2.47. The summed E-state index contributed by atoms with van der Waals surface area (Å²) >= 11 is 0. The van der Waals surface area contributed by atoms with Gasteiger partial charge in [0.25, 0.3) is 0 Å². The maximum Gasteiger partial charge on any atom is 0.228 e. The summed E-state index contributed by atoms with van der Waals surface area (Å²) in [4.78, 5) is 21.5. The third kappa shape index (κ3) is 4.27. The first kappa shape index (κ1) is 24.1. The third-order valence-electron chi connectivity index (χ3n) is 9.89. The van der Waals surface area contributed by atoms with Crippen molar-refractivity contribution < 1.29 is 9.18 Å². The number of fused-ring (bicyclic) bond motifs is 2. The number of likely N-dealkylation sites (tertiary alicyclic amines) is 1. The topological polar surface area (TPSA) is 45.2 Å². The molecule has 6 rings (SSSR count).